The molecule has 2 heterocycles. The molecule has 1 aromatic heterocycles. The molecule has 1 aromatic carbocycles. The molecule has 1 saturated heterocycles. The van der Waals surface area contributed by atoms with Crippen LogP contribution in [0, 0.1) is 6.92 Å². The number of nitrogens with zero attached hydrogens (tertiary/aromatic N) is 2. The average Bonchev–Trinajstić information content (AvgIpc) is 2.87. The van der Waals surface area contributed by atoms with Crippen molar-refractivity contribution in [3.63, 3.8) is 0 Å². The molecule has 0 saturated carbocycles. The van der Waals surface area contributed by atoms with Crippen molar-refractivity contribution in [2.45, 2.75) is 26.2 Å². The molecule has 2 aromatic rings. The monoisotopic (exact) mass is 559 g/mol. The van der Waals surface area contributed by atoms with Gasteiger partial charge >= 0.3 is 24.3 Å². The van der Waals surface area contributed by atoms with Crippen LogP contribution in [0.5, 0.6) is 17.4 Å². The van der Waals surface area contributed by atoms with E-state index in [0.29, 0.717) is 26.2 Å². The minimum absolute atomic E-state index is 0.0254. The smallest absolute Gasteiger partial charge is 0.456 e. The molecule has 0 amide bonds. The lowest BCUT2D eigenvalue weighted by atomic mass is 10.1. The molecule has 1 N–H and O–H groups in total. The Balaban J connectivity index is 2.38. The van der Waals surface area contributed by atoms with Crippen LogP contribution in [0.1, 0.15) is 12.5 Å². The Morgan fingerprint density at radius 2 is 1.64 bits per heavy atom. The van der Waals surface area contributed by atoms with Gasteiger partial charge in [0.05, 0.1) is 16.6 Å². The number of halogens is 6. The lowest BCUT2D eigenvalue weighted by molar-refractivity contribution is -0.190. The minimum Gasteiger partial charge on any atom is -0.456 e. The van der Waals surface area contributed by atoms with Gasteiger partial charge in [-0.05, 0) is 38.1 Å². The van der Waals surface area contributed by atoms with E-state index in [1.54, 1.807) is 17.9 Å². The van der Waals surface area contributed by atoms with Crippen molar-refractivity contribution in [1.29, 1.82) is 0 Å². The van der Waals surface area contributed by atoms with Crippen molar-refractivity contribution >= 4 is 28.5 Å². The number of alkyl halides is 6. The quantitative estimate of drug-likeness (QED) is 0.168. The summed E-state index contributed by atoms with van der Waals surface area (Å²) in [5.41, 5.74) is -0.232. The maximum atomic E-state index is 13.1. The van der Waals surface area contributed by atoms with Gasteiger partial charge in [0, 0.05) is 26.2 Å². The number of hydrogen-bond acceptors (Lipinski definition) is 8. The number of allylic oxidation sites excluding steroid dienone is 4. The first-order valence-electron chi connectivity index (χ1n) is 11.4. The van der Waals surface area contributed by atoms with Crippen molar-refractivity contribution in [1.82, 2.24) is 10.3 Å². The van der Waals surface area contributed by atoms with Crippen LogP contribution in [-0.2, 0) is 9.59 Å². The average molecular weight is 559 g/mol. The Morgan fingerprint density at radius 3 is 2.21 bits per heavy atom. The Hall–Kier alpha value is -4.07. The van der Waals surface area contributed by atoms with Crippen molar-refractivity contribution in [2.75, 3.05) is 31.1 Å². The first kappa shape index (κ1) is 29.5. The summed E-state index contributed by atoms with van der Waals surface area (Å²) in [4.78, 5) is 29.3. The van der Waals surface area contributed by atoms with Crippen molar-refractivity contribution in [2.24, 2.45) is 0 Å². The van der Waals surface area contributed by atoms with Crippen LogP contribution in [0.4, 0.5) is 32.0 Å². The first-order chi connectivity index (χ1) is 18.3. The van der Waals surface area contributed by atoms with E-state index < -0.39 is 35.9 Å². The highest BCUT2D eigenvalue weighted by Crippen LogP contribution is 2.45. The second kappa shape index (κ2) is 11.8. The zero-order valence-corrected chi connectivity index (χ0v) is 20.7. The Bertz CT molecular complexity index is 1330. The third-order valence-electron chi connectivity index (χ3n) is 5.41. The number of benzene rings is 1. The lowest BCUT2D eigenvalue weighted by Gasteiger charge is -2.30. The zero-order valence-electron chi connectivity index (χ0n) is 20.7. The van der Waals surface area contributed by atoms with E-state index in [9.17, 15) is 35.9 Å². The molecule has 0 unspecified atom stereocenters. The van der Waals surface area contributed by atoms with Crippen LogP contribution in [0.3, 0.4) is 0 Å². The molecule has 0 radical (unpaired) electrons. The third kappa shape index (κ3) is 6.88. The standard InChI is InChI=1S/C25H23F6N3O5/c1-4-6-7-15(5-2)37-20-14(3)21(39-23(36)25(29,30)31)33-19-16(34-12-10-32-11-13-34)8-9-17(18(19)20)38-22(35)24(26,27)28/h4-9,32H,2,10-13H2,1,3H3/b6-4+,15-7+. The molecular weight excluding hydrogens is 536 g/mol. The van der Waals surface area contributed by atoms with E-state index >= 15 is 0 Å². The largest absolute Gasteiger partial charge is 0.491 e. The highest BCUT2D eigenvalue weighted by atomic mass is 19.4. The number of piperazine rings is 1. The first-order valence-corrected chi connectivity index (χ1v) is 11.4. The summed E-state index contributed by atoms with van der Waals surface area (Å²) in [5, 5.41) is 2.85. The Kier molecular flexibility index (Phi) is 8.89. The topological polar surface area (TPSA) is 90.0 Å². The van der Waals surface area contributed by atoms with Gasteiger partial charge in [0.1, 0.15) is 22.8 Å². The van der Waals surface area contributed by atoms with Gasteiger partial charge in [-0.1, -0.05) is 18.7 Å². The van der Waals surface area contributed by atoms with E-state index in [4.69, 9.17) is 4.74 Å². The summed E-state index contributed by atoms with van der Waals surface area (Å²) in [7, 11) is 0. The predicted molar refractivity (Wildman–Crippen MR) is 129 cm³/mol. The summed E-state index contributed by atoms with van der Waals surface area (Å²) in [5.74, 6) is -6.87. The van der Waals surface area contributed by atoms with Crippen molar-refractivity contribution in [3.8, 4) is 17.4 Å². The number of pyridine rings is 1. The summed E-state index contributed by atoms with van der Waals surface area (Å²) >= 11 is 0. The number of rotatable bonds is 7. The molecule has 210 valence electrons. The van der Waals surface area contributed by atoms with Gasteiger partial charge in [-0.25, -0.2) is 14.6 Å². The Morgan fingerprint density at radius 1 is 1.03 bits per heavy atom. The maximum Gasteiger partial charge on any atom is 0.491 e. The summed E-state index contributed by atoms with van der Waals surface area (Å²) in [6.07, 6.45) is -4.91. The van der Waals surface area contributed by atoms with Gasteiger partial charge in [0.25, 0.3) is 0 Å². The number of anilines is 1. The van der Waals surface area contributed by atoms with E-state index in [0.717, 1.165) is 6.07 Å². The molecule has 1 aliphatic heterocycles. The molecule has 1 aliphatic rings. The summed E-state index contributed by atoms with van der Waals surface area (Å²) in [6, 6.07) is 2.40. The molecule has 3 rings (SSSR count). The van der Waals surface area contributed by atoms with Crippen molar-refractivity contribution < 1.29 is 50.1 Å². The fourth-order valence-electron chi connectivity index (χ4n) is 3.59. The molecule has 0 bridgehead atoms. The van der Waals surface area contributed by atoms with Crippen LogP contribution in [0.25, 0.3) is 10.9 Å². The summed E-state index contributed by atoms with van der Waals surface area (Å²) in [6.45, 7) is 8.30. The van der Waals surface area contributed by atoms with Gasteiger partial charge in [-0.15, -0.1) is 0 Å². The van der Waals surface area contributed by atoms with E-state index in [1.165, 1.54) is 31.2 Å². The van der Waals surface area contributed by atoms with Gasteiger partial charge in [0.2, 0.25) is 5.88 Å². The molecule has 0 aliphatic carbocycles. The molecule has 14 heteroatoms. The number of carbonyl (C=O) groups excluding carboxylic acids is 2. The number of hydrogen-bond donors (Lipinski definition) is 1. The molecule has 39 heavy (non-hydrogen) atoms. The number of esters is 2. The molecule has 8 nitrogen and oxygen atoms in total. The third-order valence-corrected chi connectivity index (χ3v) is 5.41. The molecule has 0 spiro atoms. The van der Waals surface area contributed by atoms with Crippen molar-refractivity contribution in [3.05, 3.63) is 54.3 Å². The number of fused-ring (bicyclic) bond motifs is 1. The highest BCUT2D eigenvalue weighted by Gasteiger charge is 2.43. The number of ether oxygens (including phenoxy) is 3. The maximum absolute atomic E-state index is 13.1. The fraction of sp³-hybridized carbons (Fsp3) is 0.320. The van der Waals surface area contributed by atoms with Crippen LogP contribution < -0.4 is 24.4 Å². The second-order valence-corrected chi connectivity index (χ2v) is 8.09. The SMILES string of the molecule is C=C/C(=C\C=C\C)Oc1c(C)c(OC(=O)C(F)(F)F)nc2c(N3CCNCC3)ccc(OC(=O)C(F)(F)F)c12. The number of carbonyl (C=O) groups is 2. The van der Waals surface area contributed by atoms with Crippen LogP contribution in [0.15, 0.2) is 48.8 Å². The predicted octanol–water partition coefficient (Wildman–Crippen LogP) is 4.91. The normalized spacial score (nSPS) is 15.0. The van der Waals surface area contributed by atoms with Crippen LogP contribution in [0.2, 0.25) is 0 Å². The van der Waals surface area contributed by atoms with Gasteiger partial charge in [0.15, 0.2) is 0 Å². The Labute approximate surface area is 218 Å². The van der Waals surface area contributed by atoms with Gasteiger partial charge in [-0.3, -0.25) is 0 Å². The van der Waals surface area contributed by atoms with Gasteiger partial charge in [-0.2, -0.15) is 26.3 Å². The van der Waals surface area contributed by atoms with Gasteiger partial charge < -0.3 is 24.4 Å². The zero-order chi connectivity index (χ0) is 29.0. The van der Waals surface area contributed by atoms with Crippen LogP contribution in [-0.4, -0.2) is 55.5 Å². The highest BCUT2D eigenvalue weighted by molar-refractivity contribution is 6.02. The lowest BCUT2D eigenvalue weighted by Crippen LogP contribution is -2.43. The summed E-state index contributed by atoms with van der Waals surface area (Å²) < 4.78 is 93.4. The van der Waals surface area contributed by atoms with E-state index in [-0.39, 0.29) is 33.7 Å². The van der Waals surface area contributed by atoms with Crippen LogP contribution >= 0.6 is 0 Å². The number of nitrogens with one attached hydrogen (secondary N) is 1. The molecule has 0 atom stereocenters. The molecular formula is C25H23F6N3O5. The molecule has 1 fully saturated rings. The number of aromatic nitrogens is 1. The van der Waals surface area contributed by atoms with E-state index in [1.807, 2.05) is 0 Å². The minimum atomic E-state index is -5.37. The fourth-order valence-corrected chi connectivity index (χ4v) is 3.59. The second-order valence-electron chi connectivity index (χ2n) is 8.09. The van der Waals surface area contributed by atoms with E-state index in [2.05, 4.69) is 26.4 Å².